The molecule has 0 unspecified atom stereocenters. The van der Waals surface area contributed by atoms with Crippen LogP contribution in [0.1, 0.15) is 0 Å². The Kier molecular flexibility index (Phi) is 6.45. The van der Waals surface area contributed by atoms with E-state index >= 15 is 0 Å². The Labute approximate surface area is 145 Å². The first-order valence-corrected chi connectivity index (χ1v) is 7.88. The van der Waals surface area contributed by atoms with Gasteiger partial charge < -0.3 is 16.0 Å². The Morgan fingerprint density at radius 1 is 1.32 bits per heavy atom. The molecule has 9 nitrogen and oxygen atoms in total. The lowest BCUT2D eigenvalue weighted by Crippen LogP contribution is -2.50. The number of nitrogens with two attached hydrogens (primary N) is 1. The monoisotopic (exact) mass is 344 g/mol. The highest BCUT2D eigenvalue weighted by atomic mass is 16.6. The summed E-state index contributed by atoms with van der Waals surface area (Å²) < 4.78 is 0. The Hall–Kier alpha value is -2.96. The summed E-state index contributed by atoms with van der Waals surface area (Å²) >= 11 is 0. The van der Waals surface area contributed by atoms with Gasteiger partial charge >= 0.3 is 0 Å². The molecule has 1 aromatic rings. The van der Waals surface area contributed by atoms with Crippen molar-refractivity contribution >= 4 is 17.3 Å². The van der Waals surface area contributed by atoms with Gasteiger partial charge in [0.25, 0.3) is 11.6 Å². The number of nitriles is 1. The summed E-state index contributed by atoms with van der Waals surface area (Å²) in [7, 11) is 0. The normalized spacial score (nSPS) is 15.5. The predicted molar refractivity (Wildman–Crippen MR) is 92.5 cm³/mol. The molecule has 0 bridgehead atoms. The van der Waals surface area contributed by atoms with Crippen LogP contribution in [-0.2, 0) is 4.79 Å². The molecule has 1 aliphatic heterocycles. The quantitative estimate of drug-likeness (QED) is 0.333. The number of nitro groups is 1. The van der Waals surface area contributed by atoms with Crippen LogP contribution in [0.25, 0.3) is 0 Å². The van der Waals surface area contributed by atoms with Crippen molar-refractivity contribution in [1.82, 2.24) is 9.80 Å². The summed E-state index contributed by atoms with van der Waals surface area (Å²) in [5.41, 5.74) is 6.04. The van der Waals surface area contributed by atoms with E-state index in [-0.39, 0.29) is 17.2 Å². The highest BCUT2D eigenvalue weighted by molar-refractivity contribution is 5.97. The second kappa shape index (κ2) is 8.77. The molecule has 9 heteroatoms. The fourth-order valence-electron chi connectivity index (χ4n) is 2.50. The van der Waals surface area contributed by atoms with Crippen molar-refractivity contribution in [2.75, 3.05) is 44.6 Å². The molecule has 0 aromatic heterocycles. The summed E-state index contributed by atoms with van der Waals surface area (Å²) in [4.78, 5) is 26.4. The fraction of sp³-hybridized carbons (Fsp3) is 0.375. The van der Waals surface area contributed by atoms with E-state index in [2.05, 4.69) is 10.2 Å². The lowest BCUT2D eigenvalue weighted by Gasteiger charge is -2.34. The van der Waals surface area contributed by atoms with Gasteiger partial charge in [-0.3, -0.25) is 19.8 Å². The molecule has 0 radical (unpaired) electrons. The van der Waals surface area contributed by atoms with Gasteiger partial charge in [-0.05, 0) is 12.1 Å². The minimum atomic E-state index is -0.492. The maximum absolute atomic E-state index is 12.4. The molecular weight excluding hydrogens is 324 g/mol. The Balaban J connectivity index is 1.96. The molecule has 0 atom stereocenters. The van der Waals surface area contributed by atoms with Gasteiger partial charge in [0, 0.05) is 63.3 Å². The van der Waals surface area contributed by atoms with E-state index in [1.165, 1.54) is 30.5 Å². The zero-order chi connectivity index (χ0) is 18.2. The highest BCUT2D eigenvalue weighted by Crippen LogP contribution is 2.16. The van der Waals surface area contributed by atoms with E-state index in [4.69, 9.17) is 5.73 Å². The van der Waals surface area contributed by atoms with Crippen molar-refractivity contribution in [2.24, 2.45) is 5.73 Å². The Bertz CT molecular complexity index is 687. The Morgan fingerprint density at radius 3 is 2.48 bits per heavy atom. The third kappa shape index (κ3) is 5.00. The van der Waals surface area contributed by atoms with Crippen molar-refractivity contribution in [3.05, 3.63) is 46.2 Å². The van der Waals surface area contributed by atoms with Crippen molar-refractivity contribution in [2.45, 2.75) is 0 Å². The van der Waals surface area contributed by atoms with Crippen molar-refractivity contribution < 1.29 is 9.72 Å². The lowest BCUT2D eigenvalue weighted by molar-refractivity contribution is -0.384. The number of hydrogen-bond donors (Lipinski definition) is 2. The summed E-state index contributed by atoms with van der Waals surface area (Å²) in [6.07, 6.45) is 1.33. The second-order valence-corrected chi connectivity index (χ2v) is 5.54. The molecule has 132 valence electrons. The number of rotatable bonds is 6. The van der Waals surface area contributed by atoms with E-state index in [9.17, 15) is 20.2 Å². The largest absolute Gasteiger partial charge is 0.360 e. The van der Waals surface area contributed by atoms with Crippen LogP contribution in [0.3, 0.4) is 0 Å². The first-order chi connectivity index (χ1) is 12.0. The molecule has 3 N–H and O–H groups in total. The topological polar surface area (TPSA) is 129 Å². The van der Waals surface area contributed by atoms with Gasteiger partial charge in [0.2, 0.25) is 0 Å². The van der Waals surface area contributed by atoms with Gasteiger partial charge in [-0.2, -0.15) is 5.26 Å². The lowest BCUT2D eigenvalue weighted by atomic mass is 10.2. The number of carbonyl (C=O) groups excluding carboxylic acids is 1. The summed E-state index contributed by atoms with van der Waals surface area (Å²) in [6, 6.07) is 7.62. The molecule has 0 aliphatic carbocycles. The molecule has 1 saturated heterocycles. The maximum Gasteiger partial charge on any atom is 0.269 e. The van der Waals surface area contributed by atoms with Gasteiger partial charge in [-0.15, -0.1) is 0 Å². The smallest absolute Gasteiger partial charge is 0.269 e. The number of nitro benzene ring substituents is 1. The van der Waals surface area contributed by atoms with E-state index in [0.29, 0.717) is 25.3 Å². The fourth-order valence-corrected chi connectivity index (χ4v) is 2.50. The minimum Gasteiger partial charge on any atom is -0.360 e. The van der Waals surface area contributed by atoms with Crippen molar-refractivity contribution in [1.29, 1.82) is 5.26 Å². The molecule has 0 saturated carbocycles. The third-order valence-electron chi connectivity index (χ3n) is 3.92. The number of nitrogens with zero attached hydrogens (tertiary/aromatic N) is 4. The molecule has 1 fully saturated rings. The van der Waals surface area contributed by atoms with Crippen LogP contribution < -0.4 is 11.1 Å². The van der Waals surface area contributed by atoms with Crippen molar-refractivity contribution in [3.8, 4) is 6.07 Å². The first kappa shape index (κ1) is 18.4. The Morgan fingerprint density at radius 2 is 1.96 bits per heavy atom. The summed E-state index contributed by atoms with van der Waals surface area (Å²) in [6.45, 7) is 3.95. The molecule has 2 rings (SSSR count). The molecule has 0 spiro atoms. The molecule has 1 amide bonds. The SMILES string of the molecule is N#C/C(=C/Nc1ccc([N+](=O)[O-])cc1)C(=O)N1CCN(CCN)CC1. The average molecular weight is 344 g/mol. The van der Waals surface area contributed by atoms with Crippen LogP contribution in [-0.4, -0.2) is 59.9 Å². The van der Waals surface area contributed by atoms with Crippen LogP contribution in [0, 0.1) is 21.4 Å². The molecule has 1 aliphatic rings. The molecule has 1 aromatic carbocycles. The molecule has 1 heterocycles. The maximum atomic E-state index is 12.4. The number of amides is 1. The van der Waals surface area contributed by atoms with E-state index in [0.717, 1.165) is 19.6 Å². The van der Waals surface area contributed by atoms with Crippen LogP contribution in [0.5, 0.6) is 0 Å². The number of benzene rings is 1. The summed E-state index contributed by atoms with van der Waals surface area (Å²) in [5, 5.41) is 22.7. The van der Waals surface area contributed by atoms with Crippen LogP contribution in [0.2, 0.25) is 0 Å². The van der Waals surface area contributed by atoms with Gasteiger partial charge in [0.1, 0.15) is 11.6 Å². The number of non-ortho nitro benzene ring substituents is 1. The molecular formula is C16H20N6O3. The third-order valence-corrected chi connectivity index (χ3v) is 3.92. The number of anilines is 1. The van der Waals surface area contributed by atoms with Crippen LogP contribution >= 0.6 is 0 Å². The van der Waals surface area contributed by atoms with E-state index in [1.54, 1.807) is 4.90 Å². The second-order valence-electron chi connectivity index (χ2n) is 5.54. The summed E-state index contributed by atoms with van der Waals surface area (Å²) in [5.74, 6) is -0.329. The standard InChI is InChI=1S/C16H20N6O3/c17-5-6-20-7-9-21(10-8-20)16(23)13(11-18)12-19-14-1-3-15(4-2-14)22(24)25/h1-4,12,19H,5-10,17H2/b13-12-. The number of hydrogen-bond acceptors (Lipinski definition) is 7. The number of piperazine rings is 1. The first-order valence-electron chi connectivity index (χ1n) is 7.88. The average Bonchev–Trinajstić information content (AvgIpc) is 2.63. The van der Waals surface area contributed by atoms with Crippen LogP contribution in [0.15, 0.2) is 36.0 Å². The number of nitrogens with one attached hydrogen (secondary N) is 1. The van der Waals surface area contributed by atoms with Crippen molar-refractivity contribution in [3.63, 3.8) is 0 Å². The van der Waals surface area contributed by atoms with Gasteiger partial charge in [-0.25, -0.2) is 0 Å². The minimum absolute atomic E-state index is 0.00868. The van der Waals surface area contributed by atoms with Crippen LogP contribution in [0.4, 0.5) is 11.4 Å². The zero-order valence-corrected chi connectivity index (χ0v) is 13.7. The van der Waals surface area contributed by atoms with Gasteiger partial charge in [0.05, 0.1) is 4.92 Å². The van der Waals surface area contributed by atoms with Gasteiger partial charge in [-0.1, -0.05) is 0 Å². The van der Waals surface area contributed by atoms with E-state index in [1.807, 2.05) is 6.07 Å². The van der Waals surface area contributed by atoms with E-state index < -0.39 is 4.92 Å². The van der Waals surface area contributed by atoms with Gasteiger partial charge in [0.15, 0.2) is 0 Å². The highest BCUT2D eigenvalue weighted by Gasteiger charge is 2.23. The zero-order valence-electron chi connectivity index (χ0n) is 13.7. The predicted octanol–water partition coefficient (Wildman–Crippen LogP) is 0.517. The molecule has 25 heavy (non-hydrogen) atoms. The number of carbonyl (C=O) groups is 1.